The molecule has 0 aliphatic carbocycles. The van der Waals surface area contributed by atoms with Crippen LogP contribution >= 0.6 is 0 Å². The number of aromatic nitrogens is 1. The maximum atomic E-state index is 12.8. The number of nitrogens with one attached hydrogen (secondary N) is 1. The number of hydrogen-bond donors (Lipinski definition) is 1. The van der Waals surface area contributed by atoms with Crippen LogP contribution in [0.2, 0.25) is 0 Å². The van der Waals surface area contributed by atoms with Crippen molar-refractivity contribution in [3.8, 4) is 11.4 Å². The molecule has 0 saturated carbocycles. The van der Waals surface area contributed by atoms with Gasteiger partial charge in [-0.05, 0) is 68.0 Å². The molecule has 146 valence electrons. The Kier molecular flexibility index (Phi) is 4.68. The molecule has 6 nitrogen and oxygen atoms in total. The molecule has 3 aromatic rings. The van der Waals surface area contributed by atoms with Gasteiger partial charge in [-0.15, -0.1) is 0 Å². The molecule has 1 aliphatic rings. The highest BCUT2D eigenvalue weighted by Crippen LogP contribution is 2.26. The SMILES string of the molecule is COc1ccc(-n2c(C)cc(/C=C3\C(=O)NN(c4ccccc4)C3=O)c2C)cc1. The molecule has 4 rings (SSSR count). The highest BCUT2D eigenvalue weighted by Gasteiger charge is 2.34. The van der Waals surface area contributed by atoms with Crippen LogP contribution in [-0.2, 0) is 9.59 Å². The largest absolute Gasteiger partial charge is 0.497 e. The Hall–Kier alpha value is -3.80. The molecule has 0 unspecified atom stereocenters. The smallest absolute Gasteiger partial charge is 0.282 e. The van der Waals surface area contributed by atoms with Crippen molar-refractivity contribution >= 4 is 23.6 Å². The van der Waals surface area contributed by atoms with E-state index >= 15 is 0 Å². The number of aryl methyl sites for hydroxylation is 1. The first kappa shape index (κ1) is 18.6. The third-order valence-electron chi connectivity index (χ3n) is 5.01. The number of anilines is 1. The molecule has 6 heteroatoms. The zero-order chi connectivity index (χ0) is 20.5. The number of rotatable bonds is 4. The van der Waals surface area contributed by atoms with Gasteiger partial charge in [-0.1, -0.05) is 18.2 Å². The number of nitrogens with zero attached hydrogens (tertiary/aromatic N) is 2. The highest BCUT2D eigenvalue weighted by molar-refractivity contribution is 6.31. The van der Waals surface area contributed by atoms with Gasteiger partial charge < -0.3 is 9.30 Å². The minimum absolute atomic E-state index is 0.115. The van der Waals surface area contributed by atoms with Crippen molar-refractivity contribution < 1.29 is 14.3 Å². The molecular weight excluding hydrogens is 366 g/mol. The molecule has 0 atom stereocenters. The van der Waals surface area contributed by atoms with Gasteiger partial charge in [-0.3, -0.25) is 15.0 Å². The average Bonchev–Trinajstić information content (AvgIpc) is 3.18. The first-order valence-electron chi connectivity index (χ1n) is 9.25. The summed E-state index contributed by atoms with van der Waals surface area (Å²) < 4.78 is 7.31. The number of methoxy groups -OCH3 is 1. The summed E-state index contributed by atoms with van der Waals surface area (Å²) in [7, 11) is 1.63. The van der Waals surface area contributed by atoms with Crippen molar-refractivity contribution in [3.63, 3.8) is 0 Å². The molecule has 0 spiro atoms. The molecular formula is C23H21N3O3. The second-order valence-corrected chi connectivity index (χ2v) is 6.83. The number of carbonyl (C=O) groups excluding carboxylic acids is 2. The van der Waals surface area contributed by atoms with Crippen LogP contribution < -0.4 is 15.2 Å². The van der Waals surface area contributed by atoms with E-state index in [4.69, 9.17) is 4.74 Å². The maximum absolute atomic E-state index is 12.8. The first-order valence-corrected chi connectivity index (χ1v) is 9.25. The summed E-state index contributed by atoms with van der Waals surface area (Å²) in [6, 6.07) is 18.8. The molecule has 2 heterocycles. The third-order valence-corrected chi connectivity index (χ3v) is 5.01. The van der Waals surface area contributed by atoms with Gasteiger partial charge in [-0.2, -0.15) is 0 Å². The fraction of sp³-hybridized carbons (Fsp3) is 0.130. The fourth-order valence-corrected chi connectivity index (χ4v) is 3.53. The fourth-order valence-electron chi connectivity index (χ4n) is 3.53. The van der Waals surface area contributed by atoms with Crippen LogP contribution in [0.4, 0.5) is 5.69 Å². The second-order valence-electron chi connectivity index (χ2n) is 6.83. The zero-order valence-electron chi connectivity index (χ0n) is 16.5. The summed E-state index contributed by atoms with van der Waals surface area (Å²) in [5.41, 5.74) is 7.13. The van der Waals surface area contributed by atoms with Crippen molar-refractivity contribution in [1.29, 1.82) is 0 Å². The Morgan fingerprint density at radius 1 is 0.931 bits per heavy atom. The Labute approximate surface area is 169 Å². The molecule has 1 saturated heterocycles. The third kappa shape index (κ3) is 3.29. The molecule has 1 fully saturated rings. The Morgan fingerprint density at radius 2 is 1.62 bits per heavy atom. The van der Waals surface area contributed by atoms with Crippen LogP contribution in [0.25, 0.3) is 11.8 Å². The highest BCUT2D eigenvalue weighted by atomic mass is 16.5. The lowest BCUT2D eigenvalue weighted by atomic mass is 10.1. The van der Waals surface area contributed by atoms with Gasteiger partial charge in [0.05, 0.1) is 12.8 Å². The van der Waals surface area contributed by atoms with E-state index in [1.807, 2.05) is 62.4 Å². The molecule has 1 N–H and O–H groups in total. The lowest BCUT2D eigenvalue weighted by molar-refractivity contribution is -0.117. The number of benzene rings is 2. The molecule has 0 radical (unpaired) electrons. The van der Waals surface area contributed by atoms with Gasteiger partial charge in [0.25, 0.3) is 11.8 Å². The van der Waals surface area contributed by atoms with Gasteiger partial charge in [-0.25, -0.2) is 5.01 Å². The van der Waals surface area contributed by atoms with Gasteiger partial charge in [0.15, 0.2) is 0 Å². The molecule has 1 aliphatic heterocycles. The summed E-state index contributed by atoms with van der Waals surface area (Å²) in [5, 5.41) is 1.27. The van der Waals surface area contributed by atoms with Crippen molar-refractivity contribution in [3.05, 3.63) is 83.2 Å². The number of hydrazine groups is 1. The van der Waals surface area contributed by atoms with Crippen LogP contribution in [0.1, 0.15) is 17.0 Å². The van der Waals surface area contributed by atoms with Gasteiger partial charge in [0, 0.05) is 17.1 Å². The zero-order valence-corrected chi connectivity index (χ0v) is 16.5. The monoisotopic (exact) mass is 387 g/mol. The molecule has 2 aromatic carbocycles. The summed E-state index contributed by atoms with van der Waals surface area (Å²) in [4.78, 5) is 25.3. The van der Waals surface area contributed by atoms with E-state index in [2.05, 4.69) is 9.99 Å². The minimum atomic E-state index is -0.409. The van der Waals surface area contributed by atoms with E-state index in [-0.39, 0.29) is 11.5 Å². The Balaban J connectivity index is 1.70. The quantitative estimate of drug-likeness (QED) is 0.550. The van der Waals surface area contributed by atoms with E-state index in [0.29, 0.717) is 5.69 Å². The minimum Gasteiger partial charge on any atom is -0.497 e. The Bertz CT molecular complexity index is 1110. The van der Waals surface area contributed by atoms with Crippen molar-refractivity contribution in [2.45, 2.75) is 13.8 Å². The maximum Gasteiger partial charge on any atom is 0.282 e. The summed E-state index contributed by atoms with van der Waals surface area (Å²) in [6.45, 7) is 3.96. The van der Waals surface area contributed by atoms with E-state index in [0.717, 1.165) is 28.4 Å². The topological polar surface area (TPSA) is 63.6 Å². The van der Waals surface area contributed by atoms with Crippen LogP contribution in [0.15, 0.2) is 66.2 Å². The van der Waals surface area contributed by atoms with Gasteiger partial charge in [0.2, 0.25) is 0 Å². The van der Waals surface area contributed by atoms with Crippen LogP contribution in [0.3, 0.4) is 0 Å². The molecule has 0 bridgehead atoms. The van der Waals surface area contributed by atoms with Crippen molar-refractivity contribution in [1.82, 2.24) is 9.99 Å². The van der Waals surface area contributed by atoms with Gasteiger partial charge >= 0.3 is 0 Å². The number of ether oxygens (including phenoxy) is 1. The number of carbonyl (C=O) groups is 2. The lowest BCUT2D eigenvalue weighted by Crippen LogP contribution is -2.35. The average molecular weight is 387 g/mol. The van der Waals surface area contributed by atoms with E-state index in [1.165, 1.54) is 5.01 Å². The first-order chi connectivity index (χ1) is 14.0. The van der Waals surface area contributed by atoms with Crippen LogP contribution in [-0.4, -0.2) is 23.5 Å². The van der Waals surface area contributed by atoms with Crippen molar-refractivity contribution in [2.75, 3.05) is 12.1 Å². The number of hydrogen-bond acceptors (Lipinski definition) is 3. The predicted molar refractivity (Wildman–Crippen MR) is 112 cm³/mol. The number of amides is 2. The lowest BCUT2D eigenvalue weighted by Gasteiger charge is -2.13. The van der Waals surface area contributed by atoms with Crippen molar-refractivity contribution in [2.24, 2.45) is 0 Å². The molecule has 2 amide bonds. The number of para-hydroxylation sites is 1. The summed E-state index contributed by atoms with van der Waals surface area (Å²) in [5.74, 6) is 0.0105. The van der Waals surface area contributed by atoms with Crippen LogP contribution in [0, 0.1) is 13.8 Å². The Morgan fingerprint density at radius 3 is 2.28 bits per heavy atom. The predicted octanol–water partition coefficient (Wildman–Crippen LogP) is 3.56. The second kappa shape index (κ2) is 7.31. The summed E-state index contributed by atoms with van der Waals surface area (Å²) in [6.07, 6.45) is 1.66. The van der Waals surface area contributed by atoms with E-state index < -0.39 is 5.91 Å². The standard InChI is InChI=1S/C23H21N3O3/c1-15-13-17(16(2)25(15)18-9-11-20(29-3)12-10-18)14-21-22(27)24-26(23(21)28)19-7-5-4-6-8-19/h4-14H,1-3H3,(H,24,27)/b21-14+. The normalized spacial score (nSPS) is 15.1. The van der Waals surface area contributed by atoms with Crippen LogP contribution in [0.5, 0.6) is 5.75 Å². The van der Waals surface area contributed by atoms with Gasteiger partial charge in [0.1, 0.15) is 11.3 Å². The molecule has 29 heavy (non-hydrogen) atoms. The summed E-state index contributed by atoms with van der Waals surface area (Å²) >= 11 is 0. The molecule has 1 aromatic heterocycles. The van der Waals surface area contributed by atoms with E-state index in [1.54, 1.807) is 25.3 Å². The van der Waals surface area contributed by atoms with E-state index in [9.17, 15) is 9.59 Å².